The molecule has 0 saturated carbocycles. The van der Waals surface area contributed by atoms with Crippen molar-refractivity contribution >= 4 is 39.4 Å². The van der Waals surface area contributed by atoms with Gasteiger partial charge in [-0.3, -0.25) is 14.7 Å². The number of anilines is 4. The molecular weight excluding hydrogens is 380 g/mol. The molecule has 0 bridgehead atoms. The van der Waals surface area contributed by atoms with Gasteiger partial charge in [0, 0.05) is 29.0 Å². The SMILES string of the molecule is Cc1ccc(C(=O)Nc2ccc(C)c(N(c3cccnc3)c3nccs3)c2)cc1. The van der Waals surface area contributed by atoms with Crippen LogP contribution in [0.15, 0.2) is 78.6 Å². The summed E-state index contributed by atoms with van der Waals surface area (Å²) in [6.45, 7) is 4.04. The Hall–Kier alpha value is -3.51. The fraction of sp³-hybridized carbons (Fsp3) is 0.0870. The summed E-state index contributed by atoms with van der Waals surface area (Å²) in [5.41, 5.74) is 5.39. The van der Waals surface area contributed by atoms with Gasteiger partial charge in [0.2, 0.25) is 0 Å². The molecular formula is C23H20N4OS. The van der Waals surface area contributed by atoms with Crippen molar-refractivity contribution in [3.63, 3.8) is 0 Å². The maximum absolute atomic E-state index is 12.6. The van der Waals surface area contributed by atoms with Crippen LogP contribution in [0.2, 0.25) is 0 Å². The molecule has 1 N–H and O–H groups in total. The number of carbonyl (C=O) groups is 1. The zero-order valence-electron chi connectivity index (χ0n) is 16.2. The molecule has 2 heterocycles. The van der Waals surface area contributed by atoms with Crippen molar-refractivity contribution in [2.45, 2.75) is 13.8 Å². The number of nitrogens with one attached hydrogen (secondary N) is 1. The summed E-state index contributed by atoms with van der Waals surface area (Å²) in [4.78, 5) is 23.4. The zero-order chi connectivity index (χ0) is 20.2. The van der Waals surface area contributed by atoms with Crippen LogP contribution in [0.1, 0.15) is 21.5 Å². The molecule has 0 unspecified atom stereocenters. The summed E-state index contributed by atoms with van der Waals surface area (Å²) >= 11 is 1.55. The maximum Gasteiger partial charge on any atom is 0.255 e. The fourth-order valence-electron chi connectivity index (χ4n) is 3.00. The lowest BCUT2D eigenvalue weighted by Crippen LogP contribution is -2.14. The largest absolute Gasteiger partial charge is 0.322 e. The second-order valence-corrected chi connectivity index (χ2v) is 7.56. The quantitative estimate of drug-likeness (QED) is 0.455. The summed E-state index contributed by atoms with van der Waals surface area (Å²) in [6, 6.07) is 17.3. The van der Waals surface area contributed by atoms with Gasteiger partial charge in [-0.05, 0) is 55.8 Å². The van der Waals surface area contributed by atoms with Crippen LogP contribution < -0.4 is 10.2 Å². The molecule has 0 atom stereocenters. The number of hydrogen-bond acceptors (Lipinski definition) is 5. The van der Waals surface area contributed by atoms with E-state index in [-0.39, 0.29) is 5.91 Å². The van der Waals surface area contributed by atoms with Gasteiger partial charge in [0.1, 0.15) is 0 Å². The standard InChI is InChI=1S/C23H20N4OS/c1-16-5-8-18(9-6-16)22(28)26-19-10-7-17(2)21(14-19)27(23-25-12-13-29-23)20-4-3-11-24-15-20/h3-15H,1-2H3,(H,26,28). The Morgan fingerprint density at radius 1 is 1.03 bits per heavy atom. The minimum absolute atomic E-state index is 0.137. The summed E-state index contributed by atoms with van der Waals surface area (Å²) < 4.78 is 0. The highest BCUT2D eigenvalue weighted by molar-refractivity contribution is 7.13. The fourth-order valence-corrected chi connectivity index (χ4v) is 3.68. The van der Waals surface area contributed by atoms with E-state index in [1.807, 2.05) is 73.8 Å². The third-order valence-corrected chi connectivity index (χ3v) is 5.29. The van der Waals surface area contributed by atoms with Crippen LogP contribution in [0.25, 0.3) is 0 Å². The van der Waals surface area contributed by atoms with Crippen molar-refractivity contribution in [2.75, 3.05) is 10.2 Å². The second-order valence-electron chi connectivity index (χ2n) is 6.68. The molecule has 2 aromatic heterocycles. The molecule has 0 saturated heterocycles. The van der Waals surface area contributed by atoms with Gasteiger partial charge in [-0.25, -0.2) is 4.98 Å². The van der Waals surface area contributed by atoms with E-state index in [4.69, 9.17) is 0 Å². The number of pyridine rings is 1. The van der Waals surface area contributed by atoms with E-state index >= 15 is 0 Å². The lowest BCUT2D eigenvalue weighted by atomic mass is 10.1. The van der Waals surface area contributed by atoms with Gasteiger partial charge < -0.3 is 5.32 Å². The van der Waals surface area contributed by atoms with Crippen molar-refractivity contribution in [1.82, 2.24) is 9.97 Å². The van der Waals surface area contributed by atoms with Crippen molar-refractivity contribution in [1.29, 1.82) is 0 Å². The average Bonchev–Trinajstić information content (AvgIpc) is 3.26. The first kappa shape index (κ1) is 18.8. The number of hydrogen-bond donors (Lipinski definition) is 1. The first-order valence-electron chi connectivity index (χ1n) is 9.20. The summed E-state index contributed by atoms with van der Waals surface area (Å²) in [5, 5.41) is 5.78. The molecule has 0 spiro atoms. The van der Waals surface area contributed by atoms with Crippen molar-refractivity contribution < 1.29 is 4.79 Å². The van der Waals surface area contributed by atoms with Crippen LogP contribution in [-0.4, -0.2) is 15.9 Å². The van der Waals surface area contributed by atoms with Crippen molar-refractivity contribution in [3.05, 3.63) is 95.3 Å². The van der Waals surface area contributed by atoms with E-state index in [0.717, 1.165) is 33.3 Å². The number of aromatic nitrogens is 2. The third-order valence-electron chi connectivity index (χ3n) is 4.54. The van der Waals surface area contributed by atoms with E-state index in [2.05, 4.69) is 20.2 Å². The summed E-state index contributed by atoms with van der Waals surface area (Å²) in [6.07, 6.45) is 5.33. The molecule has 4 rings (SSSR count). The minimum Gasteiger partial charge on any atom is -0.322 e. The van der Waals surface area contributed by atoms with E-state index in [0.29, 0.717) is 5.56 Å². The van der Waals surface area contributed by atoms with Crippen LogP contribution in [0.4, 0.5) is 22.2 Å². The van der Waals surface area contributed by atoms with Crippen molar-refractivity contribution in [3.8, 4) is 0 Å². The van der Waals surface area contributed by atoms with E-state index < -0.39 is 0 Å². The van der Waals surface area contributed by atoms with E-state index in [1.165, 1.54) is 0 Å². The Labute approximate surface area is 173 Å². The van der Waals surface area contributed by atoms with Crippen LogP contribution in [0.5, 0.6) is 0 Å². The first-order valence-corrected chi connectivity index (χ1v) is 10.1. The highest BCUT2D eigenvalue weighted by Crippen LogP contribution is 2.38. The van der Waals surface area contributed by atoms with Gasteiger partial charge in [-0.2, -0.15) is 0 Å². The molecule has 0 fully saturated rings. The van der Waals surface area contributed by atoms with Crippen molar-refractivity contribution in [2.24, 2.45) is 0 Å². The van der Waals surface area contributed by atoms with Gasteiger partial charge in [-0.1, -0.05) is 23.8 Å². The van der Waals surface area contributed by atoms with Crippen LogP contribution in [0.3, 0.4) is 0 Å². The number of carbonyl (C=O) groups excluding carboxylic acids is 1. The molecule has 144 valence electrons. The Balaban J connectivity index is 1.70. The molecule has 0 aliphatic heterocycles. The van der Waals surface area contributed by atoms with Gasteiger partial charge in [0.15, 0.2) is 5.13 Å². The number of amides is 1. The smallest absolute Gasteiger partial charge is 0.255 e. The van der Waals surface area contributed by atoms with Gasteiger partial charge in [0.05, 0.1) is 17.6 Å². The molecule has 1 amide bonds. The molecule has 2 aromatic carbocycles. The number of benzene rings is 2. The second kappa shape index (κ2) is 8.24. The van der Waals surface area contributed by atoms with Crippen LogP contribution in [-0.2, 0) is 0 Å². The highest BCUT2D eigenvalue weighted by atomic mass is 32.1. The van der Waals surface area contributed by atoms with Gasteiger partial charge in [0.25, 0.3) is 5.91 Å². The normalized spacial score (nSPS) is 10.6. The molecule has 6 heteroatoms. The number of thiazole rings is 1. The van der Waals surface area contributed by atoms with Crippen LogP contribution in [0, 0.1) is 13.8 Å². The predicted molar refractivity (Wildman–Crippen MR) is 118 cm³/mol. The molecule has 4 aromatic rings. The summed E-state index contributed by atoms with van der Waals surface area (Å²) in [7, 11) is 0. The highest BCUT2D eigenvalue weighted by Gasteiger charge is 2.18. The van der Waals surface area contributed by atoms with E-state index in [9.17, 15) is 4.79 Å². The number of nitrogens with zero attached hydrogens (tertiary/aromatic N) is 3. The Morgan fingerprint density at radius 3 is 2.55 bits per heavy atom. The molecule has 0 radical (unpaired) electrons. The maximum atomic E-state index is 12.6. The van der Waals surface area contributed by atoms with E-state index in [1.54, 1.807) is 29.9 Å². The minimum atomic E-state index is -0.137. The lowest BCUT2D eigenvalue weighted by Gasteiger charge is -2.24. The Morgan fingerprint density at radius 2 is 1.86 bits per heavy atom. The molecule has 29 heavy (non-hydrogen) atoms. The number of rotatable bonds is 5. The third kappa shape index (κ3) is 4.17. The Kier molecular flexibility index (Phi) is 5.35. The Bertz CT molecular complexity index is 1110. The monoisotopic (exact) mass is 400 g/mol. The van der Waals surface area contributed by atoms with Crippen LogP contribution >= 0.6 is 11.3 Å². The number of aryl methyl sites for hydroxylation is 2. The van der Waals surface area contributed by atoms with Gasteiger partial charge >= 0.3 is 0 Å². The first-order chi connectivity index (χ1) is 14.1. The lowest BCUT2D eigenvalue weighted by molar-refractivity contribution is 0.102. The predicted octanol–water partition coefficient (Wildman–Crippen LogP) is 5.88. The zero-order valence-corrected chi connectivity index (χ0v) is 17.0. The topological polar surface area (TPSA) is 58.1 Å². The average molecular weight is 401 g/mol. The molecule has 0 aliphatic carbocycles. The summed E-state index contributed by atoms with van der Waals surface area (Å²) in [5.74, 6) is -0.137. The molecule has 0 aliphatic rings. The molecule has 5 nitrogen and oxygen atoms in total. The van der Waals surface area contributed by atoms with Gasteiger partial charge in [-0.15, -0.1) is 11.3 Å².